The molecule has 216 valence electrons. The Morgan fingerprint density at radius 1 is 1.08 bits per heavy atom. The predicted octanol–water partition coefficient (Wildman–Crippen LogP) is 2.91. The molecule has 0 aromatic heterocycles. The number of hydrogen-bond donors (Lipinski definition) is 5. The van der Waals surface area contributed by atoms with E-state index in [1.807, 2.05) is 13.8 Å². The molecule has 2 aromatic carbocycles. The largest absolute Gasteiger partial charge is 0.508 e. The molecule has 0 spiro atoms. The van der Waals surface area contributed by atoms with Gasteiger partial charge >= 0.3 is 0 Å². The highest BCUT2D eigenvalue weighted by Crippen LogP contribution is 2.28. The average molecular weight is 583 g/mol. The third-order valence-electron chi connectivity index (χ3n) is 6.04. The molecule has 0 radical (unpaired) electrons. The first-order valence-electron chi connectivity index (χ1n) is 12.5. The zero-order valence-corrected chi connectivity index (χ0v) is 24.0. The van der Waals surface area contributed by atoms with Gasteiger partial charge in [-0.05, 0) is 61.1 Å². The van der Waals surface area contributed by atoms with Crippen molar-refractivity contribution in [2.24, 2.45) is 23.1 Å². The van der Waals surface area contributed by atoms with Gasteiger partial charge in [-0.3, -0.25) is 19.3 Å². The number of benzene rings is 2. The summed E-state index contributed by atoms with van der Waals surface area (Å²) < 4.78 is 0. The third-order valence-corrected chi connectivity index (χ3v) is 6.04. The van der Waals surface area contributed by atoms with Gasteiger partial charge in [0.15, 0.2) is 0 Å². The van der Waals surface area contributed by atoms with Crippen LogP contribution >= 0.6 is 24.8 Å². The molecule has 3 amide bonds. The minimum atomic E-state index is -1.06. The summed E-state index contributed by atoms with van der Waals surface area (Å²) >= 11 is 0. The van der Waals surface area contributed by atoms with Crippen molar-refractivity contribution in [1.29, 1.82) is 0 Å². The second kappa shape index (κ2) is 17.5. The molecule has 9 nitrogen and oxygen atoms in total. The van der Waals surface area contributed by atoms with E-state index in [1.165, 1.54) is 17.0 Å². The number of carbonyl (C=O) groups is 3. The van der Waals surface area contributed by atoms with Crippen LogP contribution in [0.2, 0.25) is 0 Å². The Bertz CT molecular complexity index is 1080. The Balaban J connectivity index is 0.00000722. The van der Waals surface area contributed by atoms with Gasteiger partial charge in [0, 0.05) is 6.42 Å². The van der Waals surface area contributed by atoms with E-state index < -0.39 is 35.8 Å². The monoisotopic (exact) mass is 581 g/mol. The molecule has 8 N–H and O–H groups in total. The number of aromatic hydroxyl groups is 1. The Morgan fingerprint density at radius 2 is 1.69 bits per heavy atom. The normalized spacial score (nSPS) is 12.7. The van der Waals surface area contributed by atoms with Gasteiger partial charge < -0.3 is 27.6 Å². The average Bonchev–Trinajstić information content (AvgIpc) is 2.87. The molecule has 3 unspecified atom stereocenters. The molecule has 39 heavy (non-hydrogen) atoms. The van der Waals surface area contributed by atoms with Crippen LogP contribution in [-0.2, 0) is 20.8 Å². The van der Waals surface area contributed by atoms with E-state index >= 15 is 0 Å². The molecule has 11 heteroatoms. The maximum Gasteiger partial charge on any atom is 0.250 e. The van der Waals surface area contributed by atoms with Gasteiger partial charge in [-0.1, -0.05) is 56.8 Å². The number of amides is 3. The lowest BCUT2D eigenvalue weighted by Crippen LogP contribution is -2.58. The van der Waals surface area contributed by atoms with Crippen LogP contribution in [0.1, 0.15) is 44.2 Å². The lowest BCUT2D eigenvalue weighted by atomic mass is 9.97. The number of phenols is 1. The second-order valence-corrected chi connectivity index (χ2v) is 9.49. The van der Waals surface area contributed by atoms with E-state index in [2.05, 4.69) is 11.9 Å². The van der Waals surface area contributed by atoms with Gasteiger partial charge in [-0.15, -0.1) is 24.8 Å². The summed E-state index contributed by atoms with van der Waals surface area (Å²) in [7, 11) is 0. The molecule has 2 rings (SSSR count). The number of hydrogen-bond acceptors (Lipinski definition) is 6. The van der Waals surface area contributed by atoms with Crippen LogP contribution in [0.25, 0.3) is 6.08 Å². The Labute approximate surface area is 243 Å². The number of para-hydroxylation sites is 1. The first kappa shape index (κ1) is 35.9. The van der Waals surface area contributed by atoms with Crippen LogP contribution in [0.5, 0.6) is 5.75 Å². The molecule has 0 aliphatic carbocycles. The molecule has 0 bridgehead atoms. The number of nitrogens with zero attached hydrogens (tertiary/aromatic N) is 1. The summed E-state index contributed by atoms with van der Waals surface area (Å²) in [6.07, 6.45) is 2.95. The van der Waals surface area contributed by atoms with Crippen LogP contribution in [0, 0.1) is 5.92 Å². The van der Waals surface area contributed by atoms with Crippen LogP contribution in [0.4, 0.5) is 5.69 Å². The second-order valence-electron chi connectivity index (χ2n) is 9.49. The lowest BCUT2D eigenvalue weighted by Gasteiger charge is -2.35. The first-order valence-corrected chi connectivity index (χ1v) is 12.5. The standard InChI is InChI=1S/C28H39N5O4.2ClH/c1-4-20-8-5-6-10-24(20)33(25(26(31)35)16-18(2)3)28(37)23(17-19-11-13-21(34)14-12-19)32-27(36)22(30)9-7-15-29;;/h4-6,8,10-14,18,22-23,25,34H,1,7,9,15-17,29-30H2,2-3H3,(H2,31,35)(H,32,36);2*1H. The summed E-state index contributed by atoms with van der Waals surface area (Å²) in [6.45, 7) is 8.10. The smallest absolute Gasteiger partial charge is 0.250 e. The molecule has 0 aliphatic heterocycles. The molecular weight excluding hydrogens is 541 g/mol. The van der Waals surface area contributed by atoms with E-state index in [-0.39, 0.29) is 42.9 Å². The minimum Gasteiger partial charge on any atom is -0.508 e. The molecule has 0 aliphatic rings. The van der Waals surface area contributed by atoms with E-state index in [9.17, 15) is 19.5 Å². The van der Waals surface area contributed by atoms with Crippen molar-refractivity contribution in [2.45, 2.75) is 57.7 Å². The topological polar surface area (TPSA) is 165 Å². The maximum atomic E-state index is 14.2. The summed E-state index contributed by atoms with van der Waals surface area (Å²) in [4.78, 5) is 41.3. The fourth-order valence-electron chi connectivity index (χ4n) is 4.10. The number of anilines is 1. The van der Waals surface area contributed by atoms with Crippen molar-refractivity contribution < 1.29 is 19.5 Å². The van der Waals surface area contributed by atoms with Crippen LogP contribution in [0.3, 0.4) is 0 Å². The van der Waals surface area contributed by atoms with Gasteiger partial charge in [0.25, 0.3) is 5.91 Å². The summed E-state index contributed by atoms with van der Waals surface area (Å²) in [6, 6.07) is 10.5. The quantitative estimate of drug-likeness (QED) is 0.230. The fraction of sp³-hybridized carbons (Fsp3) is 0.393. The van der Waals surface area contributed by atoms with Crippen LogP contribution < -0.4 is 27.4 Å². The van der Waals surface area contributed by atoms with Crippen molar-refractivity contribution in [1.82, 2.24) is 5.32 Å². The number of rotatable bonds is 14. The van der Waals surface area contributed by atoms with Gasteiger partial charge in [-0.25, -0.2) is 0 Å². The van der Waals surface area contributed by atoms with Gasteiger partial charge in [-0.2, -0.15) is 0 Å². The van der Waals surface area contributed by atoms with Crippen LogP contribution in [-0.4, -0.2) is 47.5 Å². The molecular formula is C28H41Cl2N5O4. The molecule has 0 heterocycles. The zero-order chi connectivity index (χ0) is 27.5. The minimum absolute atomic E-state index is 0. The van der Waals surface area contributed by atoms with E-state index in [4.69, 9.17) is 17.2 Å². The molecule has 2 aromatic rings. The predicted molar refractivity (Wildman–Crippen MR) is 161 cm³/mol. The van der Waals surface area contributed by atoms with Gasteiger partial charge in [0.1, 0.15) is 17.8 Å². The maximum absolute atomic E-state index is 14.2. The lowest BCUT2D eigenvalue weighted by molar-refractivity contribution is -0.129. The number of carbonyl (C=O) groups excluding carboxylic acids is 3. The first-order chi connectivity index (χ1) is 17.6. The Hall–Kier alpha value is -3.11. The Kier molecular flexibility index (Phi) is 16.1. The van der Waals surface area contributed by atoms with Crippen LogP contribution in [0.15, 0.2) is 55.1 Å². The number of primary amides is 1. The molecule has 0 fully saturated rings. The van der Waals surface area contributed by atoms with Gasteiger partial charge in [0.2, 0.25) is 11.8 Å². The zero-order valence-electron chi connectivity index (χ0n) is 22.4. The highest BCUT2D eigenvalue weighted by molar-refractivity contribution is 6.05. The highest BCUT2D eigenvalue weighted by atomic mass is 35.5. The van der Waals surface area contributed by atoms with Crippen molar-refractivity contribution in [3.05, 3.63) is 66.2 Å². The number of nitrogens with one attached hydrogen (secondary N) is 1. The Morgan fingerprint density at radius 3 is 2.23 bits per heavy atom. The summed E-state index contributed by atoms with van der Waals surface area (Å²) in [5.41, 5.74) is 19.2. The van der Waals surface area contributed by atoms with E-state index in [1.54, 1.807) is 42.5 Å². The summed E-state index contributed by atoms with van der Waals surface area (Å²) in [5, 5.41) is 12.5. The van der Waals surface area contributed by atoms with Gasteiger partial charge in [0.05, 0.1) is 11.7 Å². The SMILES string of the molecule is C=Cc1ccccc1N(C(=O)C(Cc1ccc(O)cc1)NC(=O)C(N)CCCN)C(CC(C)C)C(N)=O.Cl.Cl. The molecule has 0 saturated heterocycles. The van der Waals surface area contributed by atoms with E-state index in [0.29, 0.717) is 42.6 Å². The number of halogens is 2. The molecule has 3 atom stereocenters. The molecule has 0 saturated carbocycles. The number of phenolic OH excluding ortho intramolecular Hbond substituents is 1. The third kappa shape index (κ3) is 10.5. The highest BCUT2D eigenvalue weighted by Gasteiger charge is 2.36. The number of nitrogens with two attached hydrogens (primary N) is 3. The van der Waals surface area contributed by atoms with Crippen molar-refractivity contribution in [3.63, 3.8) is 0 Å². The summed E-state index contributed by atoms with van der Waals surface area (Å²) in [5.74, 6) is -1.53. The van der Waals surface area contributed by atoms with Crippen molar-refractivity contribution >= 4 is 54.3 Å². The fourth-order valence-corrected chi connectivity index (χ4v) is 4.10. The van der Waals surface area contributed by atoms with Crippen molar-refractivity contribution in [3.8, 4) is 5.75 Å². The van der Waals surface area contributed by atoms with Crippen molar-refractivity contribution in [2.75, 3.05) is 11.4 Å². The van der Waals surface area contributed by atoms with E-state index in [0.717, 1.165) is 0 Å².